The van der Waals surface area contributed by atoms with Crippen LogP contribution in [-0.2, 0) is 16.0 Å². The highest BCUT2D eigenvalue weighted by Gasteiger charge is 2.33. The van der Waals surface area contributed by atoms with Gasteiger partial charge in [-0.1, -0.05) is 41.9 Å². The third kappa shape index (κ3) is 2.77. The van der Waals surface area contributed by atoms with Crippen molar-refractivity contribution < 1.29 is 9.53 Å². The number of methoxy groups -OCH3 is 1. The van der Waals surface area contributed by atoms with Gasteiger partial charge >= 0.3 is 5.97 Å². The molecule has 1 N–H and O–H groups in total. The zero-order chi connectivity index (χ0) is 15.5. The van der Waals surface area contributed by atoms with Gasteiger partial charge in [-0.15, -0.1) is 0 Å². The zero-order valence-electron chi connectivity index (χ0n) is 12.2. The number of halogens is 1. The van der Waals surface area contributed by atoms with E-state index in [9.17, 15) is 4.79 Å². The number of nitrogens with one attached hydrogen (secondary N) is 1. The van der Waals surface area contributed by atoms with Crippen LogP contribution in [0.5, 0.6) is 0 Å². The molecule has 114 valence electrons. The Labute approximate surface area is 133 Å². The van der Waals surface area contributed by atoms with Crippen molar-refractivity contribution >= 4 is 23.4 Å². The molecule has 1 aromatic carbocycles. The largest absolute Gasteiger partial charge is 0.465 e. The third-order valence-electron chi connectivity index (χ3n) is 3.61. The maximum atomic E-state index is 11.9. The number of benzene rings is 1. The summed E-state index contributed by atoms with van der Waals surface area (Å²) in [6.45, 7) is 0.419. The average Bonchev–Trinajstić information content (AvgIpc) is 3.02. The van der Waals surface area contributed by atoms with Gasteiger partial charge in [-0.2, -0.15) is 0 Å². The monoisotopic (exact) mass is 317 g/mol. The second-order valence-electron chi connectivity index (χ2n) is 4.97. The number of carbonyl (C=O) groups is 1. The van der Waals surface area contributed by atoms with Crippen LogP contribution in [0.1, 0.15) is 12.0 Å². The number of allylic oxidation sites excluding steroid dienone is 3. The van der Waals surface area contributed by atoms with Gasteiger partial charge in [-0.3, -0.25) is 5.01 Å². The molecule has 3 rings (SSSR count). The van der Waals surface area contributed by atoms with Crippen molar-refractivity contribution in [2.75, 3.05) is 13.8 Å². The standard InChI is InChI=1S/C16H16ClN3O2/c1-22-16(21)14-13(17)9-12(20-15(14)18-10-19-20)8-7-11-5-3-2-4-6-11/h2-6,9,19H,7-8,10H2,1H3. The Balaban J connectivity index is 1.84. The van der Waals surface area contributed by atoms with Crippen LogP contribution in [0.3, 0.4) is 0 Å². The van der Waals surface area contributed by atoms with Crippen molar-refractivity contribution in [2.45, 2.75) is 12.8 Å². The van der Waals surface area contributed by atoms with Crippen molar-refractivity contribution in [3.8, 4) is 0 Å². The van der Waals surface area contributed by atoms with Gasteiger partial charge in [0, 0.05) is 5.70 Å². The number of aliphatic imine (C=N–C) groups is 1. The molecule has 0 spiro atoms. The molecule has 2 aliphatic rings. The Morgan fingerprint density at radius 2 is 2.14 bits per heavy atom. The predicted molar refractivity (Wildman–Crippen MR) is 85.0 cm³/mol. The molecular formula is C16H16ClN3O2. The predicted octanol–water partition coefficient (Wildman–Crippen LogP) is 2.36. The summed E-state index contributed by atoms with van der Waals surface area (Å²) in [7, 11) is 1.33. The van der Waals surface area contributed by atoms with E-state index in [1.807, 2.05) is 23.2 Å². The molecule has 0 saturated heterocycles. The molecule has 1 aromatic rings. The lowest BCUT2D eigenvalue weighted by Gasteiger charge is -2.28. The number of hydrazine groups is 1. The molecule has 0 atom stereocenters. The Kier molecular flexibility index (Phi) is 4.27. The van der Waals surface area contributed by atoms with Crippen LogP contribution in [0.25, 0.3) is 0 Å². The number of nitrogens with zero attached hydrogens (tertiary/aromatic N) is 2. The van der Waals surface area contributed by atoms with E-state index in [0.717, 1.165) is 18.5 Å². The van der Waals surface area contributed by atoms with Crippen LogP contribution in [-0.4, -0.2) is 30.6 Å². The van der Waals surface area contributed by atoms with Crippen LogP contribution in [0.4, 0.5) is 0 Å². The molecule has 0 unspecified atom stereocenters. The van der Waals surface area contributed by atoms with Crippen molar-refractivity contribution in [1.82, 2.24) is 10.4 Å². The number of hydrogen-bond acceptors (Lipinski definition) is 5. The van der Waals surface area contributed by atoms with E-state index in [1.54, 1.807) is 6.08 Å². The normalized spacial score (nSPS) is 17.1. The van der Waals surface area contributed by atoms with Crippen LogP contribution >= 0.6 is 11.6 Å². The minimum absolute atomic E-state index is 0.303. The van der Waals surface area contributed by atoms with Gasteiger partial charge in [-0.05, 0) is 24.5 Å². The minimum Gasteiger partial charge on any atom is -0.465 e. The molecule has 0 saturated carbocycles. The summed E-state index contributed by atoms with van der Waals surface area (Å²) >= 11 is 6.27. The second kappa shape index (κ2) is 6.34. The average molecular weight is 318 g/mol. The Morgan fingerprint density at radius 1 is 1.36 bits per heavy atom. The molecule has 0 amide bonds. The number of hydrogen-bond donors (Lipinski definition) is 1. The van der Waals surface area contributed by atoms with Crippen LogP contribution < -0.4 is 5.43 Å². The highest BCUT2D eigenvalue weighted by Crippen LogP contribution is 2.29. The number of aryl methyl sites for hydroxylation is 1. The van der Waals surface area contributed by atoms with Gasteiger partial charge in [0.15, 0.2) is 5.84 Å². The quantitative estimate of drug-likeness (QED) is 0.866. The first-order valence-electron chi connectivity index (χ1n) is 7.01. The van der Waals surface area contributed by atoms with Crippen molar-refractivity contribution in [3.63, 3.8) is 0 Å². The number of ether oxygens (including phenoxy) is 1. The van der Waals surface area contributed by atoms with Crippen molar-refractivity contribution in [1.29, 1.82) is 0 Å². The fourth-order valence-corrected chi connectivity index (χ4v) is 2.82. The van der Waals surface area contributed by atoms with E-state index in [0.29, 0.717) is 23.1 Å². The van der Waals surface area contributed by atoms with Gasteiger partial charge in [0.2, 0.25) is 0 Å². The highest BCUT2D eigenvalue weighted by atomic mass is 35.5. The first-order valence-corrected chi connectivity index (χ1v) is 7.39. The summed E-state index contributed by atoms with van der Waals surface area (Å²) in [6.07, 6.45) is 3.48. The summed E-state index contributed by atoms with van der Waals surface area (Å²) in [5, 5.41) is 2.19. The number of esters is 1. The van der Waals surface area contributed by atoms with Gasteiger partial charge in [0.1, 0.15) is 12.2 Å². The molecule has 0 fully saturated rings. The first-order chi connectivity index (χ1) is 10.7. The van der Waals surface area contributed by atoms with E-state index >= 15 is 0 Å². The van der Waals surface area contributed by atoms with E-state index in [4.69, 9.17) is 16.3 Å². The topological polar surface area (TPSA) is 53.9 Å². The SMILES string of the molecule is COC(=O)C1=C(Cl)C=C(CCc2ccccc2)N2NCN=C12. The minimum atomic E-state index is -0.476. The van der Waals surface area contributed by atoms with E-state index in [1.165, 1.54) is 12.7 Å². The molecule has 0 aromatic heterocycles. The van der Waals surface area contributed by atoms with Gasteiger partial charge < -0.3 is 4.74 Å². The first kappa shape index (κ1) is 14.8. The molecule has 5 nitrogen and oxygen atoms in total. The maximum Gasteiger partial charge on any atom is 0.343 e. The fourth-order valence-electron chi connectivity index (χ4n) is 2.54. The van der Waals surface area contributed by atoms with E-state index < -0.39 is 5.97 Å². The smallest absolute Gasteiger partial charge is 0.343 e. The third-order valence-corrected chi connectivity index (χ3v) is 3.91. The molecule has 6 heteroatoms. The van der Waals surface area contributed by atoms with Gasteiger partial charge in [0.05, 0.1) is 12.1 Å². The molecule has 22 heavy (non-hydrogen) atoms. The number of rotatable bonds is 4. The number of fused-ring (bicyclic) bond motifs is 1. The molecule has 2 aliphatic heterocycles. The molecular weight excluding hydrogens is 302 g/mol. The van der Waals surface area contributed by atoms with E-state index in [2.05, 4.69) is 22.6 Å². The van der Waals surface area contributed by atoms with Gasteiger partial charge in [0.25, 0.3) is 0 Å². The number of amidine groups is 1. The Bertz CT molecular complexity index is 680. The summed E-state index contributed by atoms with van der Waals surface area (Å²) in [5.41, 5.74) is 5.67. The summed E-state index contributed by atoms with van der Waals surface area (Å²) < 4.78 is 4.79. The zero-order valence-corrected chi connectivity index (χ0v) is 12.9. The summed E-state index contributed by atoms with van der Waals surface area (Å²) in [6, 6.07) is 10.2. The van der Waals surface area contributed by atoms with Crippen LogP contribution in [0.2, 0.25) is 0 Å². The lowest BCUT2D eigenvalue weighted by atomic mass is 10.0. The molecule has 0 radical (unpaired) electrons. The number of carbonyl (C=O) groups excluding carboxylic acids is 1. The fraction of sp³-hybridized carbons (Fsp3) is 0.250. The highest BCUT2D eigenvalue weighted by molar-refractivity contribution is 6.38. The Morgan fingerprint density at radius 3 is 2.86 bits per heavy atom. The Hall–Kier alpha value is -2.11. The lowest BCUT2D eigenvalue weighted by Crippen LogP contribution is -2.41. The summed E-state index contributed by atoms with van der Waals surface area (Å²) in [4.78, 5) is 16.2. The van der Waals surface area contributed by atoms with Crippen molar-refractivity contribution in [3.05, 3.63) is 58.3 Å². The molecule has 0 bridgehead atoms. The molecule has 0 aliphatic carbocycles. The maximum absolute atomic E-state index is 11.9. The van der Waals surface area contributed by atoms with E-state index in [-0.39, 0.29) is 0 Å². The summed E-state index contributed by atoms with van der Waals surface area (Å²) in [5.74, 6) is 0.0539. The second-order valence-corrected chi connectivity index (χ2v) is 5.38. The van der Waals surface area contributed by atoms with Crippen molar-refractivity contribution in [2.24, 2.45) is 4.99 Å². The van der Waals surface area contributed by atoms with Crippen LogP contribution in [0, 0.1) is 0 Å². The molecule has 2 heterocycles. The lowest BCUT2D eigenvalue weighted by molar-refractivity contribution is -0.135. The van der Waals surface area contributed by atoms with Gasteiger partial charge in [-0.25, -0.2) is 15.2 Å². The van der Waals surface area contributed by atoms with Crippen LogP contribution in [0.15, 0.2) is 57.7 Å².